The average Bonchev–Trinajstić information content (AvgIpc) is 3.40. The second-order valence-electron chi connectivity index (χ2n) is 9.27. The van der Waals surface area contributed by atoms with Gasteiger partial charge in [-0.1, -0.05) is 13.3 Å². The van der Waals surface area contributed by atoms with E-state index in [1.165, 1.54) is 4.90 Å². The topological polar surface area (TPSA) is 79.0 Å². The molecule has 1 N–H and O–H groups in total. The van der Waals surface area contributed by atoms with E-state index >= 15 is 0 Å². The maximum Gasteiger partial charge on any atom is 0.325 e. The Morgan fingerprint density at radius 1 is 1.21 bits per heavy atom. The van der Waals surface area contributed by atoms with E-state index in [4.69, 9.17) is 4.74 Å². The number of carbonyl (C=O) groups is 3. The van der Waals surface area contributed by atoms with Gasteiger partial charge < -0.3 is 15.0 Å². The second-order valence-corrected chi connectivity index (χ2v) is 9.27. The maximum atomic E-state index is 13.9. The molecule has 7 nitrogen and oxygen atoms in total. The third-order valence-corrected chi connectivity index (χ3v) is 7.15. The summed E-state index contributed by atoms with van der Waals surface area (Å²) in [6.07, 6.45) is 3.82. The molecule has 3 heterocycles. The van der Waals surface area contributed by atoms with Crippen LogP contribution >= 0.6 is 0 Å². The van der Waals surface area contributed by atoms with E-state index in [0.29, 0.717) is 39.0 Å². The van der Waals surface area contributed by atoms with Crippen molar-refractivity contribution in [3.63, 3.8) is 0 Å². The number of hydrogen-bond acceptors (Lipinski definition) is 4. The molecule has 2 atom stereocenters. The largest absolute Gasteiger partial charge is 0.376 e. The fraction of sp³-hybridized carbons (Fsp3) is 0.625. The van der Waals surface area contributed by atoms with Crippen LogP contribution in [0.25, 0.3) is 0 Å². The Labute approximate surface area is 192 Å². The molecule has 1 aromatic carbocycles. The van der Waals surface area contributed by atoms with Gasteiger partial charge in [0, 0.05) is 25.3 Å². The predicted octanol–water partition coefficient (Wildman–Crippen LogP) is 3.02. The molecular weight excluding hydrogens is 432 g/mol. The summed E-state index contributed by atoms with van der Waals surface area (Å²) < 4.78 is 33.0. The molecular formula is C24H31F2N3O4. The summed E-state index contributed by atoms with van der Waals surface area (Å²) in [6.45, 7) is 3.71. The first-order valence-corrected chi connectivity index (χ1v) is 11.8. The predicted molar refractivity (Wildman–Crippen MR) is 116 cm³/mol. The fourth-order valence-corrected chi connectivity index (χ4v) is 5.42. The molecule has 0 radical (unpaired) electrons. The molecule has 2 unspecified atom stereocenters. The van der Waals surface area contributed by atoms with Crippen LogP contribution in [-0.2, 0) is 20.7 Å². The van der Waals surface area contributed by atoms with Gasteiger partial charge >= 0.3 is 6.03 Å². The van der Waals surface area contributed by atoms with E-state index in [0.717, 1.165) is 37.5 Å². The van der Waals surface area contributed by atoms with Gasteiger partial charge in [0.05, 0.1) is 19.1 Å². The third kappa shape index (κ3) is 4.74. The SMILES string of the molecule is CCCC1(C2CCN(C(=O)Cc3cc(F)ccc3F)CC2)NC(=O)N(CC2CCCO2)C1=O. The molecule has 9 heteroatoms. The van der Waals surface area contributed by atoms with Crippen LogP contribution in [0.3, 0.4) is 0 Å². The average molecular weight is 464 g/mol. The highest BCUT2D eigenvalue weighted by Crippen LogP contribution is 2.37. The zero-order chi connectivity index (χ0) is 23.6. The van der Waals surface area contributed by atoms with E-state index in [1.54, 1.807) is 4.90 Å². The number of rotatable bonds is 7. The highest BCUT2D eigenvalue weighted by Gasteiger charge is 2.55. The standard InChI is InChI=1S/C24H31F2N3O4/c1-2-9-24(22(31)29(23(32)27-24)15-19-4-3-12-33-19)17-7-10-28(11-8-17)21(30)14-16-13-18(25)5-6-20(16)26/h5-6,13,17,19H,2-4,7-12,14-15H2,1H3,(H,27,32). The van der Waals surface area contributed by atoms with Crippen molar-refractivity contribution in [2.75, 3.05) is 26.2 Å². The first kappa shape index (κ1) is 23.6. The molecule has 0 saturated carbocycles. The Morgan fingerprint density at radius 3 is 2.64 bits per heavy atom. The van der Waals surface area contributed by atoms with Gasteiger partial charge in [-0.15, -0.1) is 0 Å². The summed E-state index contributed by atoms with van der Waals surface area (Å²) in [7, 11) is 0. The van der Waals surface area contributed by atoms with Crippen molar-refractivity contribution < 1.29 is 27.9 Å². The molecule has 4 amide bonds. The maximum absolute atomic E-state index is 13.9. The lowest BCUT2D eigenvalue weighted by molar-refractivity contribution is -0.136. The second kappa shape index (κ2) is 9.75. The van der Waals surface area contributed by atoms with Gasteiger partial charge in [0.1, 0.15) is 17.2 Å². The van der Waals surface area contributed by atoms with E-state index in [1.807, 2.05) is 6.92 Å². The fourth-order valence-electron chi connectivity index (χ4n) is 5.42. The molecule has 180 valence electrons. The minimum atomic E-state index is -0.964. The lowest BCUT2D eigenvalue weighted by atomic mass is 9.74. The molecule has 33 heavy (non-hydrogen) atoms. The van der Waals surface area contributed by atoms with Crippen molar-refractivity contribution in [2.24, 2.45) is 5.92 Å². The molecule has 0 spiro atoms. The van der Waals surface area contributed by atoms with Crippen LogP contribution in [0, 0.1) is 17.6 Å². The number of urea groups is 1. The van der Waals surface area contributed by atoms with Crippen LogP contribution in [0.15, 0.2) is 18.2 Å². The Morgan fingerprint density at radius 2 is 1.97 bits per heavy atom. The third-order valence-electron chi connectivity index (χ3n) is 7.15. The number of halogens is 2. The molecule has 3 aliphatic heterocycles. The summed E-state index contributed by atoms with van der Waals surface area (Å²) in [5, 5.41) is 3.00. The van der Waals surface area contributed by atoms with Crippen LogP contribution in [0.5, 0.6) is 0 Å². The van der Waals surface area contributed by atoms with E-state index in [9.17, 15) is 23.2 Å². The number of carbonyl (C=O) groups excluding carboxylic acids is 3. The Balaban J connectivity index is 1.41. The van der Waals surface area contributed by atoms with Crippen molar-refractivity contribution in [1.29, 1.82) is 0 Å². The van der Waals surface area contributed by atoms with Gasteiger partial charge in [0.15, 0.2) is 0 Å². The Kier molecular flexibility index (Phi) is 6.97. The van der Waals surface area contributed by atoms with E-state index < -0.39 is 17.2 Å². The lowest BCUT2D eigenvalue weighted by Crippen LogP contribution is -2.56. The van der Waals surface area contributed by atoms with Crippen LogP contribution < -0.4 is 5.32 Å². The highest BCUT2D eigenvalue weighted by atomic mass is 19.1. The Hall–Kier alpha value is -2.55. The summed E-state index contributed by atoms with van der Waals surface area (Å²) in [6, 6.07) is 2.72. The van der Waals surface area contributed by atoms with Crippen LogP contribution in [0.4, 0.5) is 13.6 Å². The smallest absolute Gasteiger partial charge is 0.325 e. The first-order chi connectivity index (χ1) is 15.8. The number of ether oxygens (including phenoxy) is 1. The van der Waals surface area contributed by atoms with Gasteiger partial charge in [-0.3, -0.25) is 14.5 Å². The van der Waals surface area contributed by atoms with Crippen molar-refractivity contribution in [3.05, 3.63) is 35.4 Å². The number of benzene rings is 1. The van der Waals surface area contributed by atoms with Gasteiger partial charge in [-0.05, 0) is 56.2 Å². The summed E-state index contributed by atoms with van der Waals surface area (Å²) in [5.74, 6) is -1.76. The highest BCUT2D eigenvalue weighted by molar-refractivity contribution is 6.07. The van der Waals surface area contributed by atoms with Crippen LogP contribution in [0.2, 0.25) is 0 Å². The summed E-state index contributed by atoms with van der Waals surface area (Å²) in [5.41, 5.74) is -0.929. The number of nitrogens with zero attached hydrogens (tertiary/aromatic N) is 2. The number of likely N-dealkylation sites (tertiary alicyclic amines) is 1. The number of hydrogen-bond donors (Lipinski definition) is 1. The van der Waals surface area contributed by atoms with Gasteiger partial charge in [0.25, 0.3) is 5.91 Å². The molecule has 1 aromatic rings. The molecule has 3 saturated heterocycles. The number of imide groups is 1. The quantitative estimate of drug-likeness (QED) is 0.631. The minimum absolute atomic E-state index is 0.0348. The monoisotopic (exact) mass is 463 g/mol. The minimum Gasteiger partial charge on any atom is -0.376 e. The zero-order valence-corrected chi connectivity index (χ0v) is 18.9. The van der Waals surface area contributed by atoms with Crippen LogP contribution in [-0.4, -0.2) is 65.5 Å². The van der Waals surface area contributed by atoms with Crippen molar-refractivity contribution >= 4 is 17.8 Å². The van der Waals surface area contributed by atoms with Crippen LogP contribution in [0.1, 0.15) is 51.0 Å². The molecule has 3 aliphatic rings. The van der Waals surface area contributed by atoms with Gasteiger partial charge in [0.2, 0.25) is 5.91 Å². The van der Waals surface area contributed by atoms with E-state index in [-0.39, 0.29) is 48.4 Å². The molecule has 3 fully saturated rings. The number of amides is 4. The molecule has 0 aliphatic carbocycles. The van der Waals surface area contributed by atoms with Gasteiger partial charge in [-0.25, -0.2) is 13.6 Å². The number of piperidine rings is 1. The lowest BCUT2D eigenvalue weighted by Gasteiger charge is -2.41. The summed E-state index contributed by atoms with van der Waals surface area (Å²) in [4.78, 5) is 41.9. The molecule has 0 bridgehead atoms. The van der Waals surface area contributed by atoms with E-state index in [2.05, 4.69) is 5.32 Å². The molecule has 0 aromatic heterocycles. The number of nitrogens with one attached hydrogen (secondary N) is 1. The van der Waals surface area contributed by atoms with Crippen molar-refractivity contribution in [2.45, 2.75) is 63.5 Å². The van der Waals surface area contributed by atoms with Crippen molar-refractivity contribution in [1.82, 2.24) is 15.1 Å². The summed E-state index contributed by atoms with van der Waals surface area (Å²) >= 11 is 0. The van der Waals surface area contributed by atoms with Gasteiger partial charge in [-0.2, -0.15) is 0 Å². The first-order valence-electron chi connectivity index (χ1n) is 11.8. The normalized spacial score (nSPS) is 26.2. The van der Waals surface area contributed by atoms with Crippen molar-refractivity contribution in [3.8, 4) is 0 Å². The zero-order valence-electron chi connectivity index (χ0n) is 18.9. The molecule has 4 rings (SSSR count). The Bertz CT molecular complexity index is 913.